The van der Waals surface area contributed by atoms with Crippen LogP contribution in [0.3, 0.4) is 0 Å². The van der Waals surface area contributed by atoms with Gasteiger partial charge in [0.15, 0.2) is 5.82 Å². The van der Waals surface area contributed by atoms with Gasteiger partial charge in [-0.05, 0) is 38.0 Å². The van der Waals surface area contributed by atoms with Crippen LogP contribution < -0.4 is 5.32 Å². The van der Waals surface area contributed by atoms with Crippen LogP contribution >= 0.6 is 0 Å². The van der Waals surface area contributed by atoms with Crippen molar-refractivity contribution in [1.82, 2.24) is 30.3 Å². The van der Waals surface area contributed by atoms with Crippen molar-refractivity contribution in [2.45, 2.75) is 39.7 Å². The molecule has 7 heteroatoms. The number of amides is 1. The average molecular weight is 338 g/mol. The van der Waals surface area contributed by atoms with E-state index >= 15 is 0 Å². The maximum atomic E-state index is 12.4. The number of hydrogen-bond acceptors (Lipinski definition) is 4. The van der Waals surface area contributed by atoms with Gasteiger partial charge in [-0.25, -0.2) is 9.67 Å². The Hall–Kier alpha value is -2.96. The first-order valence-corrected chi connectivity index (χ1v) is 8.29. The molecule has 1 atom stereocenters. The minimum atomic E-state index is -0.208. The van der Waals surface area contributed by atoms with E-state index in [-0.39, 0.29) is 11.9 Å². The zero-order valence-electron chi connectivity index (χ0n) is 14.8. The predicted octanol–water partition coefficient (Wildman–Crippen LogP) is 2.91. The monoisotopic (exact) mass is 338 g/mol. The number of carbonyl (C=O) groups is 1. The summed E-state index contributed by atoms with van der Waals surface area (Å²) in [6.45, 7) is 7.99. The number of aromatic nitrogens is 5. The zero-order chi connectivity index (χ0) is 18.0. The zero-order valence-corrected chi connectivity index (χ0v) is 14.8. The van der Waals surface area contributed by atoms with Crippen LogP contribution in [0.15, 0.2) is 36.7 Å². The van der Waals surface area contributed by atoms with Crippen molar-refractivity contribution >= 4 is 5.91 Å². The van der Waals surface area contributed by atoms with Crippen LogP contribution in [-0.2, 0) is 0 Å². The van der Waals surface area contributed by atoms with E-state index in [2.05, 4.69) is 25.6 Å². The molecule has 0 saturated carbocycles. The van der Waals surface area contributed by atoms with Gasteiger partial charge in [0.1, 0.15) is 5.69 Å². The number of aromatic amines is 1. The SMILES string of the molecule is Cc1c([C@H](C)NC(=O)c2cc(C(C)C)[nH]n2)cnn1-c1ccccn1. The van der Waals surface area contributed by atoms with Crippen molar-refractivity contribution in [2.24, 2.45) is 0 Å². The molecule has 0 aliphatic heterocycles. The Morgan fingerprint density at radius 2 is 2.08 bits per heavy atom. The summed E-state index contributed by atoms with van der Waals surface area (Å²) in [5.74, 6) is 0.838. The summed E-state index contributed by atoms with van der Waals surface area (Å²) in [6.07, 6.45) is 3.49. The number of carbonyl (C=O) groups excluding carboxylic acids is 1. The van der Waals surface area contributed by atoms with Crippen LogP contribution in [0.5, 0.6) is 0 Å². The van der Waals surface area contributed by atoms with Gasteiger partial charge < -0.3 is 5.32 Å². The van der Waals surface area contributed by atoms with E-state index in [1.807, 2.05) is 45.9 Å². The lowest BCUT2D eigenvalue weighted by Gasteiger charge is -2.13. The van der Waals surface area contributed by atoms with Crippen LogP contribution in [0.2, 0.25) is 0 Å². The lowest BCUT2D eigenvalue weighted by molar-refractivity contribution is 0.0934. The van der Waals surface area contributed by atoms with Crippen molar-refractivity contribution in [3.05, 3.63) is 59.3 Å². The van der Waals surface area contributed by atoms with Gasteiger partial charge in [0.2, 0.25) is 0 Å². The third-order valence-electron chi connectivity index (χ3n) is 4.18. The Morgan fingerprint density at radius 3 is 2.72 bits per heavy atom. The Morgan fingerprint density at radius 1 is 1.28 bits per heavy atom. The number of pyridine rings is 1. The molecular formula is C18H22N6O. The molecule has 3 rings (SSSR count). The molecule has 3 aromatic rings. The van der Waals surface area contributed by atoms with Crippen molar-refractivity contribution in [2.75, 3.05) is 0 Å². The second-order valence-electron chi connectivity index (χ2n) is 6.34. The molecule has 7 nitrogen and oxygen atoms in total. The normalized spacial score (nSPS) is 12.4. The minimum absolute atomic E-state index is 0.191. The lowest BCUT2D eigenvalue weighted by Crippen LogP contribution is -2.27. The Labute approximate surface area is 146 Å². The molecule has 130 valence electrons. The molecule has 0 spiro atoms. The van der Waals surface area contributed by atoms with Crippen LogP contribution in [-0.4, -0.2) is 30.9 Å². The lowest BCUT2D eigenvalue weighted by atomic mass is 10.1. The maximum absolute atomic E-state index is 12.4. The van der Waals surface area contributed by atoms with Crippen LogP contribution in [0.1, 0.15) is 60.2 Å². The minimum Gasteiger partial charge on any atom is -0.344 e. The molecule has 0 aliphatic rings. The number of rotatable bonds is 5. The molecular weight excluding hydrogens is 316 g/mol. The molecule has 3 aromatic heterocycles. The van der Waals surface area contributed by atoms with Gasteiger partial charge in [0.05, 0.1) is 12.2 Å². The average Bonchev–Trinajstić information content (AvgIpc) is 3.22. The first-order valence-electron chi connectivity index (χ1n) is 8.29. The highest BCUT2D eigenvalue weighted by Crippen LogP contribution is 2.20. The summed E-state index contributed by atoms with van der Waals surface area (Å²) in [4.78, 5) is 16.7. The summed E-state index contributed by atoms with van der Waals surface area (Å²) >= 11 is 0. The summed E-state index contributed by atoms with van der Waals surface area (Å²) in [7, 11) is 0. The molecule has 0 aliphatic carbocycles. The van der Waals surface area contributed by atoms with Gasteiger partial charge in [-0.3, -0.25) is 9.89 Å². The summed E-state index contributed by atoms with van der Waals surface area (Å²) < 4.78 is 1.77. The van der Waals surface area contributed by atoms with E-state index in [4.69, 9.17) is 0 Å². The predicted molar refractivity (Wildman–Crippen MR) is 94.7 cm³/mol. The summed E-state index contributed by atoms with van der Waals surface area (Å²) in [5.41, 5.74) is 3.22. The van der Waals surface area contributed by atoms with Crippen LogP contribution in [0.4, 0.5) is 0 Å². The Kier molecular flexibility index (Phi) is 4.65. The highest BCUT2D eigenvalue weighted by atomic mass is 16.2. The van der Waals surface area contributed by atoms with Crippen LogP contribution in [0.25, 0.3) is 5.82 Å². The summed E-state index contributed by atoms with van der Waals surface area (Å²) in [6, 6.07) is 7.27. The maximum Gasteiger partial charge on any atom is 0.272 e. The fraction of sp³-hybridized carbons (Fsp3) is 0.333. The largest absolute Gasteiger partial charge is 0.344 e. The molecule has 0 unspecified atom stereocenters. The van der Waals surface area contributed by atoms with Gasteiger partial charge in [-0.2, -0.15) is 10.2 Å². The Bertz CT molecular complexity index is 865. The summed E-state index contributed by atoms with van der Waals surface area (Å²) in [5, 5.41) is 14.4. The molecule has 0 radical (unpaired) electrons. The Balaban J connectivity index is 1.76. The quantitative estimate of drug-likeness (QED) is 0.748. The van der Waals surface area contributed by atoms with Gasteiger partial charge in [-0.15, -0.1) is 0 Å². The van der Waals surface area contributed by atoms with Gasteiger partial charge >= 0.3 is 0 Å². The van der Waals surface area contributed by atoms with Gasteiger partial charge in [-0.1, -0.05) is 19.9 Å². The number of H-pyrrole nitrogens is 1. The fourth-order valence-corrected chi connectivity index (χ4v) is 2.65. The van der Waals surface area contributed by atoms with Crippen LogP contribution in [0, 0.1) is 6.92 Å². The fourth-order valence-electron chi connectivity index (χ4n) is 2.65. The molecule has 0 bridgehead atoms. The number of nitrogens with one attached hydrogen (secondary N) is 2. The standard InChI is InChI=1S/C18H22N6O/c1-11(2)15-9-16(23-22-15)18(25)21-12(3)14-10-20-24(13(14)4)17-7-5-6-8-19-17/h5-12H,1-4H3,(H,21,25)(H,22,23)/t12-/m0/s1. The third-order valence-corrected chi connectivity index (χ3v) is 4.18. The molecule has 0 saturated heterocycles. The molecule has 2 N–H and O–H groups in total. The topological polar surface area (TPSA) is 88.5 Å². The van der Waals surface area contributed by atoms with Crippen molar-refractivity contribution in [1.29, 1.82) is 0 Å². The van der Waals surface area contributed by atoms with Crippen molar-refractivity contribution in [3.63, 3.8) is 0 Å². The number of hydrogen-bond donors (Lipinski definition) is 2. The molecule has 25 heavy (non-hydrogen) atoms. The van der Waals surface area contributed by atoms with Crippen molar-refractivity contribution in [3.8, 4) is 5.82 Å². The first-order chi connectivity index (χ1) is 12.0. The van der Waals surface area contributed by atoms with E-state index in [1.165, 1.54) is 0 Å². The first kappa shape index (κ1) is 16.9. The van der Waals surface area contributed by atoms with E-state index in [0.717, 1.165) is 22.8 Å². The number of nitrogens with zero attached hydrogens (tertiary/aromatic N) is 4. The molecule has 0 aromatic carbocycles. The molecule has 1 amide bonds. The second kappa shape index (κ2) is 6.88. The highest BCUT2D eigenvalue weighted by Gasteiger charge is 2.19. The third kappa shape index (κ3) is 3.45. The van der Waals surface area contributed by atoms with Gasteiger partial charge in [0.25, 0.3) is 5.91 Å². The van der Waals surface area contributed by atoms with E-state index in [0.29, 0.717) is 11.6 Å². The van der Waals surface area contributed by atoms with E-state index < -0.39 is 0 Å². The smallest absolute Gasteiger partial charge is 0.272 e. The second-order valence-corrected chi connectivity index (χ2v) is 6.34. The van der Waals surface area contributed by atoms with E-state index in [9.17, 15) is 4.79 Å². The van der Waals surface area contributed by atoms with Gasteiger partial charge in [0, 0.05) is 23.1 Å². The highest BCUT2D eigenvalue weighted by molar-refractivity contribution is 5.92. The molecule has 3 heterocycles. The molecule has 0 fully saturated rings. The van der Waals surface area contributed by atoms with Crippen molar-refractivity contribution < 1.29 is 4.79 Å². The van der Waals surface area contributed by atoms with E-state index in [1.54, 1.807) is 23.1 Å².